The van der Waals surface area contributed by atoms with Gasteiger partial charge in [-0.1, -0.05) is 15.9 Å². The molecule has 20 heavy (non-hydrogen) atoms. The van der Waals surface area contributed by atoms with Gasteiger partial charge in [0.1, 0.15) is 11.5 Å². The molecule has 0 aliphatic carbocycles. The maximum absolute atomic E-state index is 12.3. The van der Waals surface area contributed by atoms with Crippen LogP contribution in [0.15, 0.2) is 18.2 Å². The fourth-order valence-electron chi connectivity index (χ4n) is 1.53. The Labute approximate surface area is 124 Å². The van der Waals surface area contributed by atoms with Gasteiger partial charge in [0.2, 0.25) is 5.91 Å². The van der Waals surface area contributed by atoms with Crippen LogP contribution in [0.3, 0.4) is 0 Å². The van der Waals surface area contributed by atoms with Gasteiger partial charge in [-0.3, -0.25) is 4.79 Å². The fraction of sp³-hybridized carbons (Fsp3) is 0.462. The molecule has 0 aromatic heterocycles. The summed E-state index contributed by atoms with van der Waals surface area (Å²) in [6.07, 6.45) is 1.90. The molecule has 112 valence electrons. The topological polar surface area (TPSA) is 47.6 Å². The van der Waals surface area contributed by atoms with Gasteiger partial charge in [-0.05, 0) is 25.0 Å². The molecule has 1 rings (SSSR count). The third kappa shape index (κ3) is 5.73. The Kier molecular flexibility index (Phi) is 7.28. The highest BCUT2D eigenvalue weighted by molar-refractivity contribution is 9.09. The molecular formula is C13H16BrF2NO3. The molecule has 0 spiro atoms. The largest absolute Gasteiger partial charge is 0.497 e. The van der Waals surface area contributed by atoms with Crippen molar-refractivity contribution in [2.24, 2.45) is 0 Å². The van der Waals surface area contributed by atoms with Crippen molar-refractivity contribution >= 4 is 27.5 Å². The van der Waals surface area contributed by atoms with Crippen LogP contribution in [-0.4, -0.2) is 25.0 Å². The number of benzene rings is 1. The minimum Gasteiger partial charge on any atom is -0.497 e. The molecule has 0 bridgehead atoms. The number of rotatable bonds is 8. The highest BCUT2D eigenvalue weighted by Gasteiger charge is 2.13. The summed E-state index contributed by atoms with van der Waals surface area (Å²) in [6, 6.07) is 4.26. The van der Waals surface area contributed by atoms with Gasteiger partial charge >= 0.3 is 6.61 Å². The second-order valence-corrected chi connectivity index (χ2v) is 4.73. The van der Waals surface area contributed by atoms with Gasteiger partial charge in [0.05, 0.1) is 12.8 Å². The number of methoxy groups -OCH3 is 1. The van der Waals surface area contributed by atoms with E-state index in [1.165, 1.54) is 25.3 Å². The monoisotopic (exact) mass is 351 g/mol. The molecule has 0 radical (unpaired) electrons. The van der Waals surface area contributed by atoms with E-state index < -0.39 is 6.61 Å². The number of ether oxygens (including phenoxy) is 2. The van der Waals surface area contributed by atoms with E-state index >= 15 is 0 Å². The minimum absolute atomic E-state index is 0.0883. The Hall–Kier alpha value is -1.37. The van der Waals surface area contributed by atoms with Crippen LogP contribution in [0, 0.1) is 0 Å². The zero-order valence-electron chi connectivity index (χ0n) is 11.0. The molecule has 0 atom stereocenters. The second-order valence-electron chi connectivity index (χ2n) is 3.93. The van der Waals surface area contributed by atoms with Gasteiger partial charge in [-0.2, -0.15) is 8.78 Å². The van der Waals surface area contributed by atoms with Crippen LogP contribution < -0.4 is 14.8 Å². The molecule has 1 aromatic rings. The maximum Gasteiger partial charge on any atom is 0.387 e. The van der Waals surface area contributed by atoms with Crippen LogP contribution in [0.1, 0.15) is 19.3 Å². The number of hydrogen-bond acceptors (Lipinski definition) is 3. The van der Waals surface area contributed by atoms with Gasteiger partial charge in [-0.25, -0.2) is 0 Å². The smallest absolute Gasteiger partial charge is 0.387 e. The quantitative estimate of drug-likeness (QED) is 0.572. The Morgan fingerprint density at radius 2 is 2.15 bits per heavy atom. The average molecular weight is 352 g/mol. The third-order valence-electron chi connectivity index (χ3n) is 2.46. The van der Waals surface area contributed by atoms with E-state index in [-0.39, 0.29) is 17.3 Å². The van der Waals surface area contributed by atoms with Crippen LogP contribution in [0.2, 0.25) is 0 Å². The van der Waals surface area contributed by atoms with Gasteiger partial charge in [0.25, 0.3) is 0 Å². The van der Waals surface area contributed by atoms with E-state index in [9.17, 15) is 13.6 Å². The molecule has 1 aromatic carbocycles. The molecule has 0 aliphatic rings. The molecule has 0 fully saturated rings. The van der Waals surface area contributed by atoms with Crippen LogP contribution in [0.4, 0.5) is 14.5 Å². The van der Waals surface area contributed by atoms with Crippen molar-refractivity contribution in [2.45, 2.75) is 25.9 Å². The van der Waals surface area contributed by atoms with E-state index in [0.29, 0.717) is 18.6 Å². The van der Waals surface area contributed by atoms with Crippen molar-refractivity contribution in [1.82, 2.24) is 0 Å². The lowest BCUT2D eigenvalue weighted by Crippen LogP contribution is -2.13. The third-order valence-corrected chi connectivity index (χ3v) is 3.03. The number of halogens is 3. The van der Waals surface area contributed by atoms with Gasteiger partial charge in [0, 0.05) is 17.8 Å². The fourth-order valence-corrected chi connectivity index (χ4v) is 1.92. The zero-order chi connectivity index (χ0) is 15.0. The Balaban J connectivity index is 2.76. The number of unbranched alkanes of at least 4 members (excludes halogenated alkanes) is 1. The molecule has 1 amide bonds. The Morgan fingerprint density at radius 1 is 1.40 bits per heavy atom. The van der Waals surface area contributed by atoms with Crippen molar-refractivity contribution in [3.63, 3.8) is 0 Å². The Morgan fingerprint density at radius 3 is 2.75 bits per heavy atom. The lowest BCUT2D eigenvalue weighted by molar-refractivity contribution is -0.116. The Bertz CT molecular complexity index is 444. The molecule has 0 saturated heterocycles. The van der Waals surface area contributed by atoms with Gasteiger partial charge in [0.15, 0.2) is 0 Å². The highest BCUT2D eigenvalue weighted by atomic mass is 79.9. The zero-order valence-corrected chi connectivity index (χ0v) is 12.6. The molecular weight excluding hydrogens is 336 g/mol. The molecule has 0 aliphatic heterocycles. The number of hydrogen-bond donors (Lipinski definition) is 1. The number of carbonyl (C=O) groups excluding carboxylic acids is 1. The van der Waals surface area contributed by atoms with E-state index in [1.807, 2.05) is 0 Å². The van der Waals surface area contributed by atoms with Crippen molar-refractivity contribution in [1.29, 1.82) is 0 Å². The highest BCUT2D eigenvalue weighted by Crippen LogP contribution is 2.30. The SMILES string of the molecule is COc1ccc(OC(F)F)c(NC(=O)CCCCBr)c1. The van der Waals surface area contributed by atoms with Gasteiger partial charge < -0.3 is 14.8 Å². The lowest BCUT2D eigenvalue weighted by atomic mass is 10.2. The van der Waals surface area contributed by atoms with E-state index in [0.717, 1.165) is 11.8 Å². The van der Waals surface area contributed by atoms with Crippen LogP contribution >= 0.6 is 15.9 Å². The second kappa shape index (κ2) is 8.73. The van der Waals surface area contributed by atoms with E-state index in [4.69, 9.17) is 4.74 Å². The van der Waals surface area contributed by atoms with E-state index in [1.54, 1.807) is 0 Å². The number of anilines is 1. The molecule has 7 heteroatoms. The average Bonchev–Trinajstić information content (AvgIpc) is 2.40. The summed E-state index contributed by atoms with van der Waals surface area (Å²) in [6.45, 7) is -2.95. The normalized spacial score (nSPS) is 10.4. The number of carbonyl (C=O) groups is 1. The number of nitrogens with one attached hydrogen (secondary N) is 1. The first kappa shape index (κ1) is 16.7. The first-order valence-electron chi connectivity index (χ1n) is 6.05. The summed E-state index contributed by atoms with van der Waals surface area (Å²) in [5.74, 6) is 0.107. The number of alkyl halides is 3. The number of amides is 1. The summed E-state index contributed by atoms with van der Waals surface area (Å²) < 4.78 is 33.9. The maximum atomic E-state index is 12.3. The summed E-state index contributed by atoms with van der Waals surface area (Å²) >= 11 is 3.27. The molecule has 0 saturated carbocycles. The summed E-state index contributed by atoms with van der Waals surface area (Å²) in [5.41, 5.74) is 0.175. The molecule has 4 nitrogen and oxygen atoms in total. The molecule has 1 N–H and O–H groups in total. The van der Waals surface area contributed by atoms with Gasteiger partial charge in [-0.15, -0.1) is 0 Å². The van der Waals surface area contributed by atoms with E-state index in [2.05, 4.69) is 26.0 Å². The summed E-state index contributed by atoms with van der Waals surface area (Å²) in [5, 5.41) is 3.38. The standard InChI is InChI=1S/C13H16BrF2NO3/c1-19-9-5-6-11(20-13(15)16)10(8-9)17-12(18)4-2-3-7-14/h5-6,8,13H,2-4,7H2,1H3,(H,17,18). The van der Waals surface area contributed by atoms with Crippen LogP contribution in [-0.2, 0) is 4.79 Å². The lowest BCUT2D eigenvalue weighted by Gasteiger charge is -2.13. The first-order valence-corrected chi connectivity index (χ1v) is 7.17. The predicted octanol–water partition coefficient (Wildman–Crippen LogP) is 3.80. The van der Waals surface area contributed by atoms with Crippen molar-refractivity contribution in [2.75, 3.05) is 17.8 Å². The van der Waals surface area contributed by atoms with Crippen LogP contribution in [0.5, 0.6) is 11.5 Å². The first-order chi connectivity index (χ1) is 9.56. The summed E-state index contributed by atoms with van der Waals surface area (Å²) in [7, 11) is 1.45. The van der Waals surface area contributed by atoms with Crippen molar-refractivity contribution in [3.05, 3.63) is 18.2 Å². The minimum atomic E-state index is -2.95. The van der Waals surface area contributed by atoms with Crippen molar-refractivity contribution < 1.29 is 23.0 Å². The molecule has 0 heterocycles. The summed E-state index contributed by atoms with van der Waals surface area (Å²) in [4.78, 5) is 11.7. The predicted molar refractivity (Wildman–Crippen MR) is 75.9 cm³/mol. The van der Waals surface area contributed by atoms with Crippen LogP contribution in [0.25, 0.3) is 0 Å². The molecule has 0 unspecified atom stereocenters. The van der Waals surface area contributed by atoms with Crippen molar-refractivity contribution in [3.8, 4) is 11.5 Å².